The van der Waals surface area contributed by atoms with Gasteiger partial charge in [-0.3, -0.25) is 0 Å². The monoisotopic (exact) mass is 302 g/mol. The average molecular weight is 303 g/mol. The van der Waals surface area contributed by atoms with Crippen molar-refractivity contribution in [1.82, 2.24) is 0 Å². The Hall–Kier alpha value is -1.31. The van der Waals surface area contributed by atoms with E-state index in [1.807, 2.05) is 6.07 Å². The molecule has 0 radical (unpaired) electrons. The first kappa shape index (κ1) is 16.1. The second-order valence-electron chi connectivity index (χ2n) is 5.93. The zero-order chi connectivity index (χ0) is 15.3. The first-order valence-corrected chi connectivity index (χ1v) is 7.76. The van der Waals surface area contributed by atoms with Crippen LogP contribution in [-0.4, -0.2) is 13.7 Å². The fourth-order valence-electron chi connectivity index (χ4n) is 2.50. The average Bonchev–Trinajstić information content (AvgIpc) is 2.53. The van der Waals surface area contributed by atoms with Crippen LogP contribution < -0.4 is 0 Å². The van der Waals surface area contributed by atoms with Crippen molar-refractivity contribution in [2.45, 2.75) is 31.1 Å². The molecule has 0 aliphatic carbocycles. The van der Waals surface area contributed by atoms with Crippen molar-refractivity contribution in [1.29, 1.82) is 0 Å². The summed E-state index contributed by atoms with van der Waals surface area (Å²) >= 11 is 6.76. The molecule has 0 aliphatic rings. The van der Waals surface area contributed by atoms with Crippen LogP contribution in [0.2, 0.25) is 0 Å². The van der Waals surface area contributed by atoms with Crippen LogP contribution in [0, 0.1) is 0 Å². The molecule has 0 fully saturated rings. The van der Waals surface area contributed by atoms with Crippen LogP contribution in [0.5, 0.6) is 0 Å². The van der Waals surface area contributed by atoms with Crippen molar-refractivity contribution in [3.05, 3.63) is 71.3 Å². The molecule has 0 bridgehead atoms. The smallest absolute Gasteiger partial charge is 0.0676 e. The fourth-order valence-corrected chi connectivity index (χ4v) is 2.78. The zero-order valence-electron chi connectivity index (χ0n) is 13.0. The van der Waals surface area contributed by atoms with Gasteiger partial charge in [0.1, 0.15) is 0 Å². The highest BCUT2D eigenvalue weighted by Gasteiger charge is 2.30. The van der Waals surface area contributed by atoms with E-state index in [0.29, 0.717) is 0 Å². The van der Waals surface area contributed by atoms with Gasteiger partial charge in [-0.1, -0.05) is 68.4 Å². The standard InChI is InChI=1S/C19H23ClO/c1-19(2,17-7-5-4-6-8-17)18(20)16-11-9-15(10-12-16)13-14-21-3/h4-12,18H,13-14H2,1-3H3. The Morgan fingerprint density at radius 2 is 1.62 bits per heavy atom. The van der Waals surface area contributed by atoms with Crippen LogP contribution in [0.1, 0.15) is 35.9 Å². The Morgan fingerprint density at radius 1 is 1.00 bits per heavy atom. The molecule has 0 spiro atoms. The molecule has 1 nitrogen and oxygen atoms in total. The van der Waals surface area contributed by atoms with E-state index in [2.05, 4.69) is 62.4 Å². The van der Waals surface area contributed by atoms with Gasteiger partial charge in [-0.2, -0.15) is 0 Å². The number of rotatable bonds is 6. The third-order valence-corrected chi connectivity index (χ3v) is 4.82. The highest BCUT2D eigenvalue weighted by atomic mass is 35.5. The summed E-state index contributed by atoms with van der Waals surface area (Å²) in [6.45, 7) is 5.14. The van der Waals surface area contributed by atoms with Gasteiger partial charge in [0.25, 0.3) is 0 Å². The zero-order valence-corrected chi connectivity index (χ0v) is 13.7. The summed E-state index contributed by atoms with van der Waals surface area (Å²) in [6, 6.07) is 19.0. The summed E-state index contributed by atoms with van der Waals surface area (Å²) in [6.07, 6.45) is 0.936. The summed E-state index contributed by atoms with van der Waals surface area (Å²) in [5.74, 6) is 0. The molecule has 2 aromatic carbocycles. The first-order chi connectivity index (χ1) is 10.1. The molecule has 21 heavy (non-hydrogen) atoms. The normalized spacial score (nSPS) is 13.1. The molecular formula is C19H23ClO. The lowest BCUT2D eigenvalue weighted by atomic mass is 9.78. The van der Waals surface area contributed by atoms with Gasteiger partial charge in [0, 0.05) is 12.5 Å². The summed E-state index contributed by atoms with van der Waals surface area (Å²) in [5.41, 5.74) is 3.58. The van der Waals surface area contributed by atoms with Crippen molar-refractivity contribution < 1.29 is 4.74 Å². The quantitative estimate of drug-likeness (QED) is 0.672. The van der Waals surface area contributed by atoms with Crippen molar-refractivity contribution >= 4 is 11.6 Å². The molecule has 0 aliphatic heterocycles. The van der Waals surface area contributed by atoms with E-state index in [4.69, 9.17) is 16.3 Å². The maximum Gasteiger partial charge on any atom is 0.0676 e. The van der Waals surface area contributed by atoms with Gasteiger partial charge in [-0.05, 0) is 23.1 Å². The number of benzene rings is 2. The second-order valence-corrected chi connectivity index (χ2v) is 6.37. The Labute approximate surface area is 132 Å². The largest absolute Gasteiger partial charge is 0.384 e. The predicted octanol–water partition coefficient (Wildman–Crippen LogP) is 5.13. The minimum absolute atomic E-state index is 0.0589. The fraction of sp³-hybridized carbons (Fsp3) is 0.368. The summed E-state index contributed by atoms with van der Waals surface area (Å²) < 4.78 is 5.11. The van der Waals surface area contributed by atoms with Gasteiger partial charge >= 0.3 is 0 Å². The van der Waals surface area contributed by atoms with E-state index in [9.17, 15) is 0 Å². The van der Waals surface area contributed by atoms with Crippen molar-refractivity contribution in [2.24, 2.45) is 0 Å². The maximum absolute atomic E-state index is 6.76. The number of hydrogen-bond donors (Lipinski definition) is 0. The van der Waals surface area contributed by atoms with Crippen molar-refractivity contribution in [3.8, 4) is 0 Å². The van der Waals surface area contributed by atoms with Crippen molar-refractivity contribution in [2.75, 3.05) is 13.7 Å². The third kappa shape index (κ3) is 3.87. The van der Waals surface area contributed by atoms with E-state index in [-0.39, 0.29) is 10.8 Å². The molecule has 1 unspecified atom stereocenters. The van der Waals surface area contributed by atoms with Crippen molar-refractivity contribution in [3.63, 3.8) is 0 Å². The van der Waals surface area contributed by atoms with Crippen LogP contribution in [0.3, 0.4) is 0 Å². The lowest BCUT2D eigenvalue weighted by Crippen LogP contribution is -2.23. The van der Waals surface area contributed by atoms with Gasteiger partial charge in [0.05, 0.1) is 12.0 Å². The van der Waals surface area contributed by atoms with Gasteiger partial charge in [-0.15, -0.1) is 11.6 Å². The molecule has 0 N–H and O–H groups in total. The highest BCUT2D eigenvalue weighted by Crippen LogP contribution is 2.41. The molecule has 0 saturated heterocycles. The van der Waals surface area contributed by atoms with E-state index in [1.165, 1.54) is 11.1 Å². The van der Waals surface area contributed by atoms with Gasteiger partial charge in [0.15, 0.2) is 0 Å². The number of hydrogen-bond acceptors (Lipinski definition) is 1. The molecule has 2 heteroatoms. The van der Waals surface area contributed by atoms with E-state index in [1.54, 1.807) is 7.11 Å². The molecule has 2 rings (SSSR count). The van der Waals surface area contributed by atoms with E-state index in [0.717, 1.165) is 18.6 Å². The lowest BCUT2D eigenvalue weighted by molar-refractivity contribution is 0.202. The first-order valence-electron chi connectivity index (χ1n) is 7.33. The summed E-state index contributed by atoms with van der Waals surface area (Å²) in [4.78, 5) is 0. The molecule has 0 heterocycles. The molecule has 112 valence electrons. The van der Waals surface area contributed by atoms with Crippen LogP contribution in [0.25, 0.3) is 0 Å². The minimum atomic E-state index is -0.114. The molecule has 2 aromatic rings. The van der Waals surface area contributed by atoms with Gasteiger partial charge in [0.2, 0.25) is 0 Å². The van der Waals surface area contributed by atoms with Crippen LogP contribution in [-0.2, 0) is 16.6 Å². The number of alkyl halides is 1. The van der Waals surface area contributed by atoms with Crippen LogP contribution in [0.4, 0.5) is 0 Å². The van der Waals surface area contributed by atoms with Crippen LogP contribution >= 0.6 is 11.6 Å². The Balaban J connectivity index is 2.17. The Bertz CT molecular complexity index is 546. The molecule has 0 saturated carbocycles. The number of halogens is 1. The van der Waals surface area contributed by atoms with E-state index < -0.39 is 0 Å². The third-order valence-electron chi connectivity index (χ3n) is 4.02. The Morgan fingerprint density at radius 3 is 2.19 bits per heavy atom. The maximum atomic E-state index is 6.76. The SMILES string of the molecule is COCCc1ccc(C(Cl)C(C)(C)c2ccccc2)cc1. The number of methoxy groups -OCH3 is 1. The minimum Gasteiger partial charge on any atom is -0.384 e. The summed E-state index contributed by atoms with van der Waals surface area (Å²) in [7, 11) is 1.73. The Kier molecular flexibility index (Phi) is 5.44. The molecule has 0 aromatic heterocycles. The molecule has 1 atom stereocenters. The second kappa shape index (κ2) is 7.11. The predicted molar refractivity (Wildman–Crippen MR) is 90.1 cm³/mol. The van der Waals surface area contributed by atoms with E-state index >= 15 is 0 Å². The number of ether oxygens (including phenoxy) is 1. The van der Waals surface area contributed by atoms with Gasteiger partial charge < -0.3 is 4.74 Å². The highest BCUT2D eigenvalue weighted by molar-refractivity contribution is 6.21. The van der Waals surface area contributed by atoms with Crippen LogP contribution in [0.15, 0.2) is 54.6 Å². The topological polar surface area (TPSA) is 9.23 Å². The van der Waals surface area contributed by atoms with Gasteiger partial charge in [-0.25, -0.2) is 0 Å². The molecular weight excluding hydrogens is 280 g/mol. The summed E-state index contributed by atoms with van der Waals surface area (Å²) in [5, 5.41) is -0.0589. The lowest BCUT2D eigenvalue weighted by Gasteiger charge is -2.31. The molecule has 0 amide bonds.